The summed E-state index contributed by atoms with van der Waals surface area (Å²) in [7, 11) is 0. The van der Waals surface area contributed by atoms with Crippen LogP contribution in [0.3, 0.4) is 0 Å². The Hall–Kier alpha value is -4.07. The Morgan fingerprint density at radius 2 is 1.85 bits per heavy atom. The van der Waals surface area contributed by atoms with Crippen LogP contribution in [0, 0.1) is 5.41 Å². The maximum Gasteiger partial charge on any atom is 0.274 e. The number of pyridine rings is 1. The van der Waals surface area contributed by atoms with Gasteiger partial charge in [0, 0.05) is 35.6 Å². The van der Waals surface area contributed by atoms with Crippen molar-refractivity contribution in [3.8, 4) is 11.1 Å². The third-order valence-corrected chi connectivity index (χ3v) is 5.84. The van der Waals surface area contributed by atoms with Gasteiger partial charge < -0.3 is 26.7 Å². The van der Waals surface area contributed by atoms with Gasteiger partial charge in [0.1, 0.15) is 18.1 Å². The number of rotatable bonds is 8. The molecule has 0 atom stereocenters. The van der Waals surface area contributed by atoms with Crippen molar-refractivity contribution in [3.05, 3.63) is 82.3 Å². The van der Waals surface area contributed by atoms with Crippen molar-refractivity contribution in [1.82, 2.24) is 9.88 Å². The molecular weight excluding hydrogens is 416 g/mol. The SMILES string of the molecule is N=C(N)c1ccc(CNC(=O)Cn2cc(-c3cccc(N)c3)cc(NC3CCC3)c2=O)cc1. The van der Waals surface area contributed by atoms with Crippen LogP contribution in [-0.2, 0) is 17.9 Å². The normalized spacial score (nSPS) is 13.2. The Morgan fingerprint density at radius 3 is 2.48 bits per heavy atom. The van der Waals surface area contributed by atoms with Gasteiger partial charge in [-0.2, -0.15) is 0 Å². The smallest absolute Gasteiger partial charge is 0.274 e. The van der Waals surface area contributed by atoms with Crippen molar-refractivity contribution >= 4 is 23.1 Å². The summed E-state index contributed by atoms with van der Waals surface area (Å²) in [6.07, 6.45) is 4.91. The lowest BCUT2D eigenvalue weighted by molar-refractivity contribution is -0.121. The Morgan fingerprint density at radius 1 is 1.09 bits per heavy atom. The molecule has 1 aliphatic carbocycles. The van der Waals surface area contributed by atoms with Crippen molar-refractivity contribution in [3.63, 3.8) is 0 Å². The lowest BCUT2D eigenvalue weighted by Gasteiger charge is -2.27. The molecule has 3 aromatic rings. The lowest BCUT2D eigenvalue weighted by atomic mass is 9.93. The molecule has 0 saturated heterocycles. The number of hydrogen-bond acceptors (Lipinski definition) is 5. The Labute approximate surface area is 192 Å². The zero-order valence-electron chi connectivity index (χ0n) is 18.3. The fourth-order valence-corrected chi connectivity index (χ4v) is 3.72. The number of nitrogens with one attached hydrogen (secondary N) is 3. The van der Waals surface area contributed by atoms with E-state index in [1.165, 1.54) is 4.57 Å². The highest BCUT2D eigenvalue weighted by molar-refractivity contribution is 5.94. The lowest BCUT2D eigenvalue weighted by Crippen LogP contribution is -2.35. The van der Waals surface area contributed by atoms with Crippen LogP contribution in [-0.4, -0.2) is 22.4 Å². The molecule has 1 amide bonds. The van der Waals surface area contributed by atoms with Gasteiger partial charge in [0.25, 0.3) is 5.56 Å². The molecule has 1 saturated carbocycles. The van der Waals surface area contributed by atoms with Crippen LogP contribution in [0.2, 0.25) is 0 Å². The van der Waals surface area contributed by atoms with Crippen LogP contribution >= 0.6 is 0 Å². The van der Waals surface area contributed by atoms with E-state index < -0.39 is 0 Å². The molecule has 1 heterocycles. The maximum atomic E-state index is 13.1. The number of nitrogen functional groups attached to an aromatic ring is 2. The highest BCUT2D eigenvalue weighted by Crippen LogP contribution is 2.26. The molecule has 8 heteroatoms. The molecule has 0 spiro atoms. The zero-order chi connectivity index (χ0) is 23.4. The second-order valence-corrected chi connectivity index (χ2v) is 8.36. The number of carbonyl (C=O) groups excluding carboxylic acids is 1. The Bertz CT molecular complexity index is 1230. The predicted molar refractivity (Wildman–Crippen MR) is 131 cm³/mol. The zero-order valence-corrected chi connectivity index (χ0v) is 18.3. The summed E-state index contributed by atoms with van der Waals surface area (Å²) in [6, 6.07) is 16.7. The van der Waals surface area contributed by atoms with Crippen LogP contribution in [0.4, 0.5) is 11.4 Å². The van der Waals surface area contributed by atoms with Gasteiger partial charge in [-0.05, 0) is 48.6 Å². The van der Waals surface area contributed by atoms with Crippen LogP contribution in [0.25, 0.3) is 11.1 Å². The van der Waals surface area contributed by atoms with Gasteiger partial charge in [-0.1, -0.05) is 36.4 Å². The first-order valence-electron chi connectivity index (χ1n) is 11.0. The van der Waals surface area contributed by atoms with E-state index in [0.717, 1.165) is 36.0 Å². The first kappa shape index (κ1) is 22.1. The first-order chi connectivity index (χ1) is 15.9. The van der Waals surface area contributed by atoms with Gasteiger partial charge in [-0.15, -0.1) is 0 Å². The summed E-state index contributed by atoms with van der Waals surface area (Å²) < 4.78 is 1.44. The first-order valence-corrected chi connectivity index (χ1v) is 11.0. The largest absolute Gasteiger partial charge is 0.399 e. The molecule has 33 heavy (non-hydrogen) atoms. The molecular formula is C25H28N6O2. The molecule has 1 fully saturated rings. The van der Waals surface area contributed by atoms with Gasteiger partial charge in [0.2, 0.25) is 5.91 Å². The van der Waals surface area contributed by atoms with E-state index in [1.54, 1.807) is 18.3 Å². The average molecular weight is 445 g/mol. The number of nitrogens with two attached hydrogens (primary N) is 2. The second kappa shape index (κ2) is 9.60. The van der Waals surface area contributed by atoms with E-state index in [-0.39, 0.29) is 29.9 Å². The molecule has 170 valence electrons. The molecule has 2 aromatic carbocycles. The van der Waals surface area contributed by atoms with Gasteiger partial charge in [-0.3, -0.25) is 15.0 Å². The van der Waals surface area contributed by atoms with Gasteiger partial charge in [0.15, 0.2) is 0 Å². The standard InChI is InChI=1S/C25H28N6O2/c26-20-4-1-3-18(11-20)19-12-22(30-21-5-2-6-21)25(33)31(14-19)15-23(32)29-13-16-7-9-17(10-8-16)24(27)28/h1,3-4,7-12,14,21,30H,2,5-6,13,15,26H2,(H3,27,28)(H,29,32). The third kappa shape index (κ3) is 5.41. The highest BCUT2D eigenvalue weighted by atomic mass is 16.2. The molecule has 0 unspecified atom stereocenters. The average Bonchev–Trinajstić information content (AvgIpc) is 2.77. The van der Waals surface area contributed by atoms with Gasteiger partial charge in [0.05, 0.1) is 0 Å². The summed E-state index contributed by atoms with van der Waals surface area (Å²) >= 11 is 0. The van der Waals surface area contributed by atoms with Crippen LogP contribution in [0.5, 0.6) is 0 Å². The quantitative estimate of drug-likeness (QED) is 0.206. The van der Waals surface area contributed by atoms with E-state index in [2.05, 4.69) is 10.6 Å². The van der Waals surface area contributed by atoms with Gasteiger partial charge >= 0.3 is 0 Å². The number of benzene rings is 2. The number of anilines is 2. The minimum atomic E-state index is -0.271. The van der Waals surface area contributed by atoms with Crippen molar-refractivity contribution in [2.45, 2.75) is 38.4 Å². The predicted octanol–water partition coefficient (Wildman–Crippen LogP) is 2.66. The van der Waals surface area contributed by atoms with E-state index in [9.17, 15) is 9.59 Å². The monoisotopic (exact) mass is 444 g/mol. The fourth-order valence-electron chi connectivity index (χ4n) is 3.72. The van der Waals surface area contributed by atoms with Crippen molar-refractivity contribution in [2.75, 3.05) is 11.1 Å². The van der Waals surface area contributed by atoms with E-state index >= 15 is 0 Å². The minimum Gasteiger partial charge on any atom is -0.399 e. The minimum absolute atomic E-state index is 0.00340. The molecule has 7 N–H and O–H groups in total. The molecule has 0 aliphatic heterocycles. The highest BCUT2D eigenvalue weighted by Gasteiger charge is 2.20. The summed E-state index contributed by atoms with van der Waals surface area (Å²) in [5.41, 5.74) is 15.5. The second-order valence-electron chi connectivity index (χ2n) is 8.36. The van der Waals surface area contributed by atoms with E-state index in [1.807, 2.05) is 42.5 Å². The molecule has 1 aliphatic rings. The van der Waals surface area contributed by atoms with Crippen molar-refractivity contribution in [2.24, 2.45) is 5.73 Å². The molecule has 1 aromatic heterocycles. The maximum absolute atomic E-state index is 13.1. The molecule has 4 rings (SSSR count). The number of nitrogens with zero attached hydrogens (tertiary/aromatic N) is 1. The van der Waals surface area contributed by atoms with Gasteiger partial charge in [-0.25, -0.2) is 0 Å². The van der Waals surface area contributed by atoms with E-state index in [0.29, 0.717) is 23.5 Å². The summed E-state index contributed by atoms with van der Waals surface area (Å²) in [6.45, 7) is 0.216. The third-order valence-electron chi connectivity index (χ3n) is 5.84. The van der Waals surface area contributed by atoms with E-state index in [4.69, 9.17) is 16.9 Å². The Balaban J connectivity index is 1.53. The molecule has 8 nitrogen and oxygen atoms in total. The van der Waals surface area contributed by atoms with Crippen molar-refractivity contribution < 1.29 is 4.79 Å². The number of aromatic nitrogens is 1. The molecule has 0 bridgehead atoms. The van der Waals surface area contributed by atoms with Crippen LogP contribution < -0.4 is 27.7 Å². The fraction of sp³-hybridized carbons (Fsp3) is 0.240. The van der Waals surface area contributed by atoms with Crippen LogP contribution in [0.1, 0.15) is 30.4 Å². The Kier molecular flexibility index (Phi) is 6.44. The van der Waals surface area contributed by atoms with Crippen molar-refractivity contribution in [1.29, 1.82) is 5.41 Å². The topological polar surface area (TPSA) is 139 Å². The number of amides is 1. The number of amidine groups is 1. The number of carbonyl (C=O) groups is 1. The van der Waals surface area contributed by atoms with Crippen LogP contribution in [0.15, 0.2) is 65.6 Å². The summed E-state index contributed by atoms with van der Waals surface area (Å²) in [4.78, 5) is 25.7. The summed E-state index contributed by atoms with van der Waals surface area (Å²) in [5, 5.41) is 13.6. The summed E-state index contributed by atoms with van der Waals surface area (Å²) in [5.74, 6) is -0.275. The number of hydrogen-bond donors (Lipinski definition) is 5. The molecule has 0 radical (unpaired) electrons.